The lowest BCUT2D eigenvalue weighted by Crippen LogP contribution is -1.93. The van der Waals surface area contributed by atoms with Gasteiger partial charge < -0.3 is 4.52 Å². The predicted octanol–water partition coefficient (Wildman–Crippen LogP) is 3.31. The van der Waals surface area contributed by atoms with E-state index in [4.69, 9.17) is 4.52 Å². The van der Waals surface area contributed by atoms with Crippen molar-refractivity contribution in [1.82, 2.24) is 10.1 Å². The van der Waals surface area contributed by atoms with Gasteiger partial charge in [-0.25, -0.2) is 0 Å². The van der Waals surface area contributed by atoms with Gasteiger partial charge in [-0.1, -0.05) is 51.4 Å². The van der Waals surface area contributed by atoms with Gasteiger partial charge in [0.1, 0.15) is 0 Å². The van der Waals surface area contributed by atoms with Crippen molar-refractivity contribution >= 4 is 15.9 Å². The molecular weight excluding hydrogens is 268 g/mol. The number of rotatable bonds is 4. The molecule has 1 unspecified atom stereocenters. The van der Waals surface area contributed by atoms with Crippen molar-refractivity contribution in [2.24, 2.45) is 0 Å². The second-order valence-corrected chi connectivity index (χ2v) is 5.02. The van der Waals surface area contributed by atoms with Crippen LogP contribution in [-0.4, -0.2) is 10.1 Å². The van der Waals surface area contributed by atoms with Gasteiger partial charge in [-0.05, 0) is 18.9 Å². The predicted molar refractivity (Wildman–Crippen MR) is 65.5 cm³/mol. The van der Waals surface area contributed by atoms with Crippen LogP contribution in [0.4, 0.5) is 0 Å². The summed E-state index contributed by atoms with van der Waals surface area (Å²) in [7, 11) is 0. The van der Waals surface area contributed by atoms with E-state index in [-0.39, 0.29) is 4.83 Å². The second-order valence-electron chi connectivity index (χ2n) is 3.65. The molecule has 0 spiro atoms. The van der Waals surface area contributed by atoms with Crippen LogP contribution in [0.25, 0.3) is 0 Å². The first-order chi connectivity index (χ1) is 7.75. The first kappa shape index (κ1) is 11.3. The van der Waals surface area contributed by atoms with Gasteiger partial charge in [0.15, 0.2) is 5.82 Å². The molecule has 0 aliphatic carbocycles. The minimum absolute atomic E-state index is 0.116. The van der Waals surface area contributed by atoms with Crippen LogP contribution < -0.4 is 0 Å². The van der Waals surface area contributed by atoms with E-state index in [1.807, 2.05) is 25.1 Å². The highest BCUT2D eigenvalue weighted by atomic mass is 79.9. The molecule has 1 heterocycles. The van der Waals surface area contributed by atoms with Crippen LogP contribution in [0, 0.1) is 0 Å². The average molecular weight is 281 g/mol. The Balaban J connectivity index is 1.95. The molecule has 1 atom stereocenters. The maximum atomic E-state index is 5.11. The summed E-state index contributed by atoms with van der Waals surface area (Å²) in [5.74, 6) is 1.41. The summed E-state index contributed by atoms with van der Waals surface area (Å²) in [6, 6.07) is 10.3. The number of nitrogens with zero attached hydrogens (tertiary/aromatic N) is 2. The zero-order valence-electron chi connectivity index (χ0n) is 9.06. The largest absolute Gasteiger partial charge is 0.338 e. The van der Waals surface area contributed by atoms with Crippen molar-refractivity contribution < 1.29 is 4.52 Å². The summed E-state index contributed by atoms with van der Waals surface area (Å²) in [6.45, 7) is 1.97. The Bertz CT molecular complexity index is 439. The van der Waals surface area contributed by atoms with Crippen LogP contribution in [0.3, 0.4) is 0 Å². The Labute approximate surface area is 103 Å². The first-order valence-corrected chi connectivity index (χ1v) is 6.18. The average Bonchev–Trinajstić information content (AvgIpc) is 2.76. The van der Waals surface area contributed by atoms with Crippen molar-refractivity contribution in [2.45, 2.75) is 24.6 Å². The molecule has 0 bridgehead atoms. The van der Waals surface area contributed by atoms with Crippen LogP contribution in [0.2, 0.25) is 0 Å². The van der Waals surface area contributed by atoms with Crippen LogP contribution in [0.1, 0.15) is 29.0 Å². The lowest BCUT2D eigenvalue weighted by molar-refractivity contribution is 0.376. The maximum Gasteiger partial charge on any atom is 0.240 e. The van der Waals surface area contributed by atoms with Gasteiger partial charge >= 0.3 is 0 Å². The zero-order valence-corrected chi connectivity index (χ0v) is 10.6. The number of halogens is 1. The second kappa shape index (κ2) is 5.25. The fraction of sp³-hybridized carbons (Fsp3) is 0.333. The van der Waals surface area contributed by atoms with Gasteiger partial charge in [0.25, 0.3) is 0 Å². The quantitative estimate of drug-likeness (QED) is 0.807. The zero-order chi connectivity index (χ0) is 11.4. The minimum Gasteiger partial charge on any atom is -0.338 e. The molecule has 2 rings (SSSR count). The molecule has 1 aromatic heterocycles. The van der Waals surface area contributed by atoms with E-state index in [0.717, 1.165) is 18.7 Å². The Morgan fingerprint density at radius 3 is 2.62 bits per heavy atom. The van der Waals surface area contributed by atoms with E-state index in [9.17, 15) is 0 Å². The van der Waals surface area contributed by atoms with Crippen molar-refractivity contribution in [3.63, 3.8) is 0 Å². The molecule has 0 N–H and O–H groups in total. The Morgan fingerprint density at radius 2 is 2.00 bits per heavy atom. The van der Waals surface area contributed by atoms with Gasteiger partial charge in [-0.3, -0.25) is 0 Å². The topological polar surface area (TPSA) is 38.9 Å². The summed E-state index contributed by atoms with van der Waals surface area (Å²) in [4.78, 5) is 4.42. The standard InChI is InChI=1S/C12H13BrN2O/c1-9(13)12-14-11(15-16-12)8-7-10-5-3-2-4-6-10/h2-6,9H,7-8H2,1H3. The highest BCUT2D eigenvalue weighted by molar-refractivity contribution is 9.09. The van der Waals surface area contributed by atoms with Crippen LogP contribution in [0.5, 0.6) is 0 Å². The normalized spacial score (nSPS) is 12.6. The van der Waals surface area contributed by atoms with Gasteiger partial charge in [0.2, 0.25) is 5.89 Å². The molecule has 1 aromatic carbocycles. The van der Waals surface area contributed by atoms with Crippen molar-refractivity contribution in [3.05, 3.63) is 47.6 Å². The molecule has 4 heteroatoms. The summed E-state index contributed by atoms with van der Waals surface area (Å²) in [5.41, 5.74) is 1.29. The number of hydrogen-bond donors (Lipinski definition) is 0. The number of aryl methyl sites for hydroxylation is 2. The third-order valence-electron chi connectivity index (χ3n) is 2.30. The lowest BCUT2D eigenvalue weighted by atomic mass is 10.1. The first-order valence-electron chi connectivity index (χ1n) is 5.26. The molecule has 84 valence electrons. The van der Waals surface area contributed by atoms with E-state index in [2.05, 4.69) is 38.2 Å². The third kappa shape index (κ3) is 2.92. The number of hydrogen-bond acceptors (Lipinski definition) is 3. The molecule has 0 radical (unpaired) electrons. The monoisotopic (exact) mass is 280 g/mol. The highest BCUT2D eigenvalue weighted by Crippen LogP contribution is 2.19. The molecule has 0 aliphatic rings. The molecule has 0 aliphatic heterocycles. The third-order valence-corrected chi connectivity index (χ3v) is 2.70. The smallest absolute Gasteiger partial charge is 0.240 e. The maximum absolute atomic E-state index is 5.11. The van der Waals surface area contributed by atoms with Gasteiger partial charge in [-0.2, -0.15) is 4.98 Å². The van der Waals surface area contributed by atoms with Gasteiger partial charge in [0, 0.05) is 6.42 Å². The number of aromatic nitrogens is 2. The summed E-state index contributed by atoms with van der Waals surface area (Å²) >= 11 is 3.40. The lowest BCUT2D eigenvalue weighted by Gasteiger charge is -1.96. The molecule has 0 amide bonds. The fourth-order valence-electron chi connectivity index (χ4n) is 1.43. The summed E-state index contributed by atoms with van der Waals surface area (Å²) in [6.07, 6.45) is 1.75. The van der Waals surface area contributed by atoms with Gasteiger partial charge in [0.05, 0.1) is 4.83 Å². The van der Waals surface area contributed by atoms with Crippen molar-refractivity contribution in [1.29, 1.82) is 0 Å². The minimum atomic E-state index is 0.116. The highest BCUT2D eigenvalue weighted by Gasteiger charge is 2.10. The molecule has 0 saturated carbocycles. The Morgan fingerprint density at radius 1 is 1.25 bits per heavy atom. The Hall–Kier alpha value is -1.16. The molecule has 16 heavy (non-hydrogen) atoms. The molecular formula is C12H13BrN2O. The van der Waals surface area contributed by atoms with E-state index in [1.165, 1.54) is 5.56 Å². The van der Waals surface area contributed by atoms with E-state index in [0.29, 0.717) is 5.89 Å². The van der Waals surface area contributed by atoms with Gasteiger partial charge in [-0.15, -0.1) is 0 Å². The molecule has 0 fully saturated rings. The fourth-order valence-corrected chi connectivity index (χ4v) is 1.62. The summed E-state index contributed by atoms with van der Waals surface area (Å²) < 4.78 is 5.11. The van der Waals surface area contributed by atoms with Crippen LogP contribution >= 0.6 is 15.9 Å². The molecule has 3 nitrogen and oxygen atoms in total. The number of alkyl halides is 1. The van der Waals surface area contributed by atoms with E-state index >= 15 is 0 Å². The van der Waals surface area contributed by atoms with Crippen LogP contribution in [0.15, 0.2) is 34.9 Å². The van der Waals surface area contributed by atoms with Crippen molar-refractivity contribution in [2.75, 3.05) is 0 Å². The molecule has 0 saturated heterocycles. The number of benzene rings is 1. The Kier molecular flexibility index (Phi) is 3.72. The van der Waals surface area contributed by atoms with Crippen molar-refractivity contribution in [3.8, 4) is 0 Å². The van der Waals surface area contributed by atoms with E-state index < -0.39 is 0 Å². The van der Waals surface area contributed by atoms with Crippen LogP contribution in [-0.2, 0) is 12.8 Å². The summed E-state index contributed by atoms with van der Waals surface area (Å²) in [5, 5.41) is 3.94. The SMILES string of the molecule is CC(Br)c1nc(CCc2ccccc2)no1. The molecule has 2 aromatic rings. The van der Waals surface area contributed by atoms with E-state index in [1.54, 1.807) is 0 Å².